The van der Waals surface area contributed by atoms with Gasteiger partial charge in [-0.15, -0.1) is 0 Å². The topological polar surface area (TPSA) is 104 Å². The van der Waals surface area contributed by atoms with Crippen molar-refractivity contribution in [3.8, 4) is 17.1 Å². The average Bonchev–Trinajstić information content (AvgIpc) is 3.55. The third-order valence-electron chi connectivity index (χ3n) is 7.03. The van der Waals surface area contributed by atoms with Crippen LogP contribution in [0, 0.1) is 6.92 Å². The second-order valence-electron chi connectivity index (χ2n) is 9.64. The van der Waals surface area contributed by atoms with Crippen molar-refractivity contribution < 1.29 is 9.47 Å². The molecule has 6 rings (SSSR count). The van der Waals surface area contributed by atoms with Gasteiger partial charge in [0.1, 0.15) is 29.7 Å². The number of rotatable bonds is 8. The van der Waals surface area contributed by atoms with Gasteiger partial charge >= 0.3 is 0 Å². The van der Waals surface area contributed by atoms with E-state index in [9.17, 15) is 0 Å². The Balaban J connectivity index is 1.44. The minimum Gasteiger partial charge on any atom is -0.494 e. The van der Waals surface area contributed by atoms with E-state index in [0.717, 1.165) is 71.4 Å². The molecule has 0 aliphatic carbocycles. The molecule has 0 saturated carbocycles. The van der Waals surface area contributed by atoms with Crippen molar-refractivity contribution in [2.24, 2.45) is 7.05 Å². The highest BCUT2D eigenvalue weighted by molar-refractivity contribution is 5.92. The van der Waals surface area contributed by atoms with Crippen LogP contribution in [0.15, 0.2) is 60.9 Å². The van der Waals surface area contributed by atoms with Crippen LogP contribution in [0.25, 0.3) is 22.6 Å². The number of anilines is 3. The zero-order chi connectivity index (χ0) is 26.8. The maximum atomic E-state index is 6.15. The number of hydrogen-bond acceptors (Lipinski definition) is 8. The van der Waals surface area contributed by atoms with E-state index >= 15 is 0 Å². The van der Waals surface area contributed by atoms with Gasteiger partial charge in [0.25, 0.3) is 0 Å². The molecule has 1 unspecified atom stereocenters. The predicted molar refractivity (Wildman–Crippen MR) is 151 cm³/mol. The molecule has 1 aliphatic heterocycles. The van der Waals surface area contributed by atoms with Gasteiger partial charge in [-0.1, -0.05) is 36.4 Å². The summed E-state index contributed by atoms with van der Waals surface area (Å²) in [5.74, 6) is 3.00. The van der Waals surface area contributed by atoms with Gasteiger partial charge in [-0.05, 0) is 43.9 Å². The molecule has 0 radical (unpaired) electrons. The molecule has 39 heavy (non-hydrogen) atoms. The molecule has 0 spiro atoms. The molecule has 3 aromatic heterocycles. The number of nitrogens with one attached hydrogen (secondary N) is 2. The highest BCUT2D eigenvalue weighted by atomic mass is 16.5. The van der Waals surface area contributed by atoms with Crippen molar-refractivity contribution in [2.45, 2.75) is 39.0 Å². The molecule has 10 nitrogen and oxygen atoms in total. The van der Waals surface area contributed by atoms with Crippen LogP contribution in [0.4, 0.5) is 17.2 Å². The number of ether oxygens (including phenoxy) is 2. The highest BCUT2D eigenvalue weighted by Crippen LogP contribution is 2.39. The molecule has 1 aliphatic rings. The van der Waals surface area contributed by atoms with E-state index in [-0.39, 0.29) is 6.23 Å². The van der Waals surface area contributed by atoms with Gasteiger partial charge in [0.05, 0.1) is 24.0 Å². The van der Waals surface area contributed by atoms with Crippen LogP contribution in [0.1, 0.15) is 36.9 Å². The lowest BCUT2D eigenvalue weighted by Gasteiger charge is -2.25. The third-order valence-corrected chi connectivity index (χ3v) is 7.03. The van der Waals surface area contributed by atoms with Gasteiger partial charge in [-0.3, -0.25) is 4.57 Å². The number of pyridine rings is 1. The fourth-order valence-corrected chi connectivity index (χ4v) is 5.14. The lowest BCUT2D eigenvalue weighted by Crippen LogP contribution is -2.19. The summed E-state index contributed by atoms with van der Waals surface area (Å²) in [4.78, 5) is 14.4. The van der Waals surface area contributed by atoms with Gasteiger partial charge in [-0.2, -0.15) is 5.10 Å². The van der Waals surface area contributed by atoms with Crippen molar-refractivity contribution in [3.05, 3.63) is 72.3 Å². The first kappa shape index (κ1) is 24.9. The van der Waals surface area contributed by atoms with Crippen LogP contribution < -0.4 is 15.4 Å². The number of hydrogen-bond donors (Lipinski definition) is 2. The Morgan fingerprint density at radius 1 is 1.05 bits per heavy atom. The van der Waals surface area contributed by atoms with Crippen molar-refractivity contribution in [2.75, 3.05) is 24.4 Å². The number of methoxy groups -OCH3 is 1. The summed E-state index contributed by atoms with van der Waals surface area (Å²) in [6.07, 6.45) is 4.59. The van der Waals surface area contributed by atoms with Crippen molar-refractivity contribution in [1.29, 1.82) is 0 Å². The van der Waals surface area contributed by atoms with E-state index in [4.69, 9.17) is 19.4 Å². The fraction of sp³-hybridized carbons (Fsp3) is 0.310. The Kier molecular flexibility index (Phi) is 6.85. The Labute approximate surface area is 227 Å². The van der Waals surface area contributed by atoms with E-state index in [0.29, 0.717) is 12.3 Å². The summed E-state index contributed by atoms with van der Waals surface area (Å²) in [6, 6.07) is 18.2. The molecule has 0 amide bonds. The van der Waals surface area contributed by atoms with E-state index in [2.05, 4.69) is 37.4 Å². The number of para-hydroxylation sites is 1. The smallest absolute Gasteiger partial charge is 0.166 e. The standard InChI is InChI=1S/C29H32N8O2/c1-19-33-26-23(34-22-13-9-12-21(27(22)38-3)28-31-18-32-36(28)2)16-24(30-17-20-10-5-4-6-11-20)35-29(26)37(19)25-14-7-8-15-39-25/h4-6,9-13,16,18,25H,7-8,14-15,17H2,1-3H3,(H2,30,34,35). The molecule has 200 valence electrons. The molecular formula is C29H32N8O2. The monoisotopic (exact) mass is 524 g/mol. The second-order valence-corrected chi connectivity index (χ2v) is 9.64. The Morgan fingerprint density at radius 2 is 1.92 bits per heavy atom. The summed E-state index contributed by atoms with van der Waals surface area (Å²) in [5, 5.41) is 11.3. The molecule has 5 aromatic rings. The van der Waals surface area contributed by atoms with Crippen LogP contribution in [-0.2, 0) is 18.3 Å². The maximum absolute atomic E-state index is 6.15. The Bertz CT molecular complexity index is 1590. The van der Waals surface area contributed by atoms with Crippen LogP contribution in [0.5, 0.6) is 5.75 Å². The Hall–Kier alpha value is -4.44. The lowest BCUT2D eigenvalue weighted by molar-refractivity contribution is -0.0308. The van der Waals surface area contributed by atoms with E-state index < -0.39 is 0 Å². The first-order chi connectivity index (χ1) is 19.1. The van der Waals surface area contributed by atoms with Crippen LogP contribution in [0.2, 0.25) is 0 Å². The predicted octanol–water partition coefficient (Wildman–Crippen LogP) is 5.60. The average molecular weight is 525 g/mol. The number of benzene rings is 2. The summed E-state index contributed by atoms with van der Waals surface area (Å²) in [7, 11) is 3.52. The van der Waals surface area contributed by atoms with Crippen LogP contribution in [0.3, 0.4) is 0 Å². The molecule has 1 saturated heterocycles. The minimum absolute atomic E-state index is 0.0812. The molecule has 2 N–H and O–H groups in total. The van der Waals surface area contributed by atoms with Gasteiger partial charge in [0.2, 0.25) is 0 Å². The van der Waals surface area contributed by atoms with E-state index in [1.54, 1.807) is 11.8 Å². The minimum atomic E-state index is -0.0812. The molecule has 1 fully saturated rings. The molecule has 2 aromatic carbocycles. The van der Waals surface area contributed by atoms with Gasteiger partial charge in [0, 0.05) is 26.3 Å². The summed E-state index contributed by atoms with van der Waals surface area (Å²) in [5.41, 5.74) is 5.18. The van der Waals surface area contributed by atoms with E-state index in [1.165, 1.54) is 11.9 Å². The molecule has 10 heteroatoms. The molecule has 0 bridgehead atoms. The van der Waals surface area contributed by atoms with Crippen molar-refractivity contribution >= 4 is 28.4 Å². The summed E-state index contributed by atoms with van der Waals surface area (Å²) < 4.78 is 15.9. The van der Waals surface area contributed by atoms with Gasteiger partial charge in [-0.25, -0.2) is 19.6 Å². The highest BCUT2D eigenvalue weighted by Gasteiger charge is 2.24. The normalized spacial score (nSPS) is 15.4. The van der Waals surface area contributed by atoms with Crippen molar-refractivity contribution in [3.63, 3.8) is 0 Å². The first-order valence-corrected chi connectivity index (χ1v) is 13.2. The van der Waals surface area contributed by atoms with Crippen LogP contribution in [-0.4, -0.2) is 43.0 Å². The number of aryl methyl sites for hydroxylation is 2. The number of fused-ring (bicyclic) bond motifs is 1. The lowest BCUT2D eigenvalue weighted by atomic mass is 10.1. The Morgan fingerprint density at radius 3 is 2.67 bits per heavy atom. The zero-order valence-electron chi connectivity index (χ0n) is 22.4. The summed E-state index contributed by atoms with van der Waals surface area (Å²) in [6.45, 7) is 3.40. The fourth-order valence-electron chi connectivity index (χ4n) is 5.14. The number of aromatic nitrogens is 6. The first-order valence-electron chi connectivity index (χ1n) is 13.2. The largest absolute Gasteiger partial charge is 0.494 e. The second kappa shape index (κ2) is 10.7. The zero-order valence-corrected chi connectivity index (χ0v) is 22.4. The molecule has 4 heterocycles. The van der Waals surface area contributed by atoms with Gasteiger partial charge < -0.3 is 20.1 Å². The SMILES string of the molecule is COc1c(Nc2cc(NCc3ccccc3)nc3c2nc(C)n3C2CCCCO2)cccc1-c1ncnn1C. The molecule has 1 atom stereocenters. The van der Waals surface area contributed by atoms with Gasteiger partial charge in [0.15, 0.2) is 17.2 Å². The number of nitrogens with zero attached hydrogens (tertiary/aromatic N) is 6. The number of imidazole rings is 1. The van der Waals surface area contributed by atoms with E-state index in [1.807, 2.05) is 56.4 Å². The third kappa shape index (κ3) is 4.90. The van der Waals surface area contributed by atoms with Crippen LogP contribution >= 0.6 is 0 Å². The maximum Gasteiger partial charge on any atom is 0.166 e. The quantitative estimate of drug-likeness (QED) is 0.270. The van der Waals surface area contributed by atoms with Crippen molar-refractivity contribution in [1.82, 2.24) is 29.3 Å². The summed E-state index contributed by atoms with van der Waals surface area (Å²) >= 11 is 0. The molecular weight excluding hydrogens is 492 g/mol.